The molecule has 0 radical (unpaired) electrons. The molecule has 0 spiro atoms. The zero-order valence-corrected chi connectivity index (χ0v) is 53.4. The summed E-state index contributed by atoms with van der Waals surface area (Å²) in [7, 11) is 0. The normalized spacial score (nSPS) is 12.3. The van der Waals surface area contributed by atoms with Crippen molar-refractivity contribution in [2.45, 2.75) is 5.41 Å². The van der Waals surface area contributed by atoms with Gasteiger partial charge in [-0.3, -0.25) is 0 Å². The molecule has 0 unspecified atom stereocenters. The van der Waals surface area contributed by atoms with E-state index in [9.17, 15) is 10.2 Å². The predicted molar refractivity (Wildman–Crippen MR) is 402 cm³/mol. The molecule has 4 nitrogen and oxygen atoms in total. The van der Waals surface area contributed by atoms with Crippen molar-refractivity contribution in [1.29, 1.82) is 0 Å². The molecule has 0 bridgehead atoms. The first kappa shape index (κ1) is 58.9. The molecule has 0 amide bonds. The third-order valence-electron chi connectivity index (χ3n) is 19.7. The Balaban J connectivity index is 0.960. The molecule has 2 N–H and O–H groups in total. The van der Waals surface area contributed by atoms with Gasteiger partial charge >= 0.3 is 0 Å². The quantitative estimate of drug-likeness (QED) is 0.101. The van der Waals surface area contributed by atoms with Crippen molar-refractivity contribution in [2.24, 2.45) is 0 Å². The summed E-state index contributed by atoms with van der Waals surface area (Å²) in [6, 6.07) is 123. The molecule has 0 aliphatic heterocycles. The smallest absolute Gasteiger partial charge is 0.135 e. The third-order valence-corrected chi connectivity index (χ3v) is 19.7. The first-order valence-electron chi connectivity index (χ1n) is 33.4. The molecule has 462 valence electrons. The van der Waals surface area contributed by atoms with Gasteiger partial charge in [0.15, 0.2) is 0 Å². The van der Waals surface area contributed by atoms with Gasteiger partial charge in [-0.05, 0) is 216 Å². The zero-order chi connectivity index (χ0) is 64.8. The van der Waals surface area contributed by atoms with Crippen LogP contribution in [0.25, 0.3) is 143 Å². The van der Waals surface area contributed by atoms with Gasteiger partial charge in [0.2, 0.25) is 0 Å². The monoisotopic (exact) mass is 1250 g/mol. The minimum Gasteiger partial charge on any atom is -0.490 e. The molecule has 16 aromatic carbocycles. The molecule has 0 saturated heterocycles. The van der Waals surface area contributed by atoms with Crippen molar-refractivity contribution >= 4 is 43.1 Å². The number of hydrogen-bond acceptors (Lipinski definition) is 4. The third kappa shape index (κ3) is 10.7. The molecule has 1 aliphatic carbocycles. The average Bonchev–Trinajstić information content (AvgIpc) is 1.57. The van der Waals surface area contributed by atoms with E-state index < -0.39 is 5.41 Å². The van der Waals surface area contributed by atoms with E-state index in [-0.39, 0.29) is 26.4 Å². The van der Waals surface area contributed by atoms with Crippen molar-refractivity contribution in [3.8, 4) is 112 Å². The summed E-state index contributed by atoms with van der Waals surface area (Å²) < 4.78 is 14.1. The highest BCUT2D eigenvalue weighted by atomic mass is 16.5. The van der Waals surface area contributed by atoms with E-state index in [0.29, 0.717) is 11.5 Å². The van der Waals surface area contributed by atoms with Crippen LogP contribution in [-0.2, 0) is 5.41 Å². The van der Waals surface area contributed by atoms with Crippen LogP contribution >= 0.6 is 0 Å². The first-order valence-corrected chi connectivity index (χ1v) is 33.4. The minimum absolute atomic E-state index is 0.0822. The molecule has 17 rings (SSSR count). The molecule has 0 aromatic heterocycles. The molecule has 97 heavy (non-hydrogen) atoms. The van der Waals surface area contributed by atoms with Gasteiger partial charge in [0.25, 0.3) is 0 Å². The van der Waals surface area contributed by atoms with Gasteiger partial charge in [0.05, 0.1) is 18.6 Å². The standard InChI is InChI=1S/C93H66O4/c94-45-47-96-91-85(77-41-37-69-49-65(29-33-73(69)53-77)61-17-5-1-6-18-61)57-81(58-86(91)78-42-38-70-50-66(30-34-74(70)54-78)62-19-7-2-8-20-62)93(89-27-15-13-25-83(89)84-26-14-16-28-90(84)93)82-59-87(79-43-39-71-51-67(31-35-75(71)55-79)63-21-9-3-10-22-63)92(97-48-46-95)88(60-82)80-44-40-72-52-68(32-36-76(72)56-80)64-23-11-4-12-24-64/h1-44,49-60,94-95H,45-48H2. The Bertz CT molecular complexity index is 5020. The van der Waals surface area contributed by atoms with E-state index >= 15 is 0 Å². The largest absolute Gasteiger partial charge is 0.490 e. The Morgan fingerprint density at radius 3 is 0.691 bits per heavy atom. The van der Waals surface area contributed by atoms with E-state index in [1.165, 1.54) is 0 Å². The Hall–Kier alpha value is -11.9. The number of hydrogen-bond donors (Lipinski definition) is 2. The molecule has 0 fully saturated rings. The number of aliphatic hydroxyl groups excluding tert-OH is 2. The summed E-state index contributed by atoms with van der Waals surface area (Å²) in [6.45, 7) is -0.182. The molecule has 4 heteroatoms. The van der Waals surface area contributed by atoms with E-state index in [0.717, 1.165) is 165 Å². The SMILES string of the molecule is OCCOc1c(-c2ccc3cc(-c4ccccc4)ccc3c2)cc(C2(c3cc(-c4ccc5cc(-c6ccccc6)ccc5c4)c(OCCO)c(-c4ccc5cc(-c6ccccc6)ccc5c4)c3)c3ccccc3-c3ccccc32)cc1-c1ccc2cc(-c3ccccc3)ccc2c1. The van der Waals surface area contributed by atoms with Gasteiger partial charge in [0, 0.05) is 22.3 Å². The minimum atomic E-state index is -1.00. The number of fused-ring (bicyclic) bond motifs is 7. The van der Waals surface area contributed by atoms with Crippen LogP contribution in [0.5, 0.6) is 11.5 Å². The highest BCUT2D eigenvalue weighted by Gasteiger charge is 2.47. The molecule has 16 aromatic rings. The summed E-state index contributed by atoms with van der Waals surface area (Å²) in [5, 5.41) is 30.5. The fourth-order valence-corrected chi connectivity index (χ4v) is 15.1. The second kappa shape index (κ2) is 25.1. The number of ether oxygens (including phenoxy) is 2. The van der Waals surface area contributed by atoms with Gasteiger partial charge in [0.1, 0.15) is 24.7 Å². The van der Waals surface area contributed by atoms with Crippen molar-refractivity contribution in [3.05, 3.63) is 362 Å². The van der Waals surface area contributed by atoms with Crippen molar-refractivity contribution in [2.75, 3.05) is 26.4 Å². The average molecular weight is 1250 g/mol. The predicted octanol–water partition coefficient (Wildman–Crippen LogP) is 22.7. The number of aliphatic hydroxyl groups is 2. The van der Waals surface area contributed by atoms with Crippen LogP contribution < -0.4 is 9.47 Å². The second-order valence-electron chi connectivity index (χ2n) is 25.4. The fraction of sp³-hybridized carbons (Fsp3) is 0.0538. The van der Waals surface area contributed by atoms with Crippen molar-refractivity contribution < 1.29 is 19.7 Å². The van der Waals surface area contributed by atoms with Gasteiger partial charge in [-0.1, -0.05) is 267 Å². The molecule has 1 aliphatic rings. The van der Waals surface area contributed by atoms with Crippen LogP contribution in [0.4, 0.5) is 0 Å². The topological polar surface area (TPSA) is 58.9 Å². The second-order valence-corrected chi connectivity index (χ2v) is 25.4. The van der Waals surface area contributed by atoms with Crippen LogP contribution in [0.1, 0.15) is 22.3 Å². The Morgan fingerprint density at radius 2 is 0.433 bits per heavy atom. The highest BCUT2D eigenvalue weighted by Crippen LogP contribution is 2.60. The van der Waals surface area contributed by atoms with Gasteiger partial charge in [-0.2, -0.15) is 0 Å². The van der Waals surface area contributed by atoms with Crippen LogP contribution in [0.15, 0.2) is 340 Å². The first-order chi connectivity index (χ1) is 47.9. The van der Waals surface area contributed by atoms with Crippen LogP contribution in [0.2, 0.25) is 0 Å². The summed E-state index contributed by atoms with van der Waals surface area (Å²) in [6.07, 6.45) is 0. The van der Waals surface area contributed by atoms with Crippen molar-refractivity contribution in [1.82, 2.24) is 0 Å². The summed E-state index contributed by atoms with van der Waals surface area (Å²) >= 11 is 0. The molecule has 0 heterocycles. The van der Waals surface area contributed by atoms with Gasteiger partial charge in [-0.15, -0.1) is 0 Å². The number of rotatable bonds is 16. The lowest BCUT2D eigenvalue weighted by atomic mass is 9.66. The maximum Gasteiger partial charge on any atom is 0.135 e. The van der Waals surface area contributed by atoms with Crippen LogP contribution in [0.3, 0.4) is 0 Å². The maximum absolute atomic E-state index is 10.8. The summed E-state index contributed by atoms with van der Waals surface area (Å²) in [4.78, 5) is 0. The van der Waals surface area contributed by atoms with Crippen LogP contribution in [-0.4, -0.2) is 36.6 Å². The lowest BCUT2D eigenvalue weighted by Gasteiger charge is -2.36. The Labute approximate surface area is 564 Å². The fourth-order valence-electron chi connectivity index (χ4n) is 15.1. The lowest BCUT2D eigenvalue weighted by Crippen LogP contribution is -2.29. The van der Waals surface area contributed by atoms with E-state index in [1.807, 2.05) is 0 Å². The van der Waals surface area contributed by atoms with E-state index in [2.05, 4.69) is 340 Å². The Kier molecular flexibility index (Phi) is 15.2. The molecule has 0 saturated carbocycles. The molecular formula is C93H66O4. The highest BCUT2D eigenvalue weighted by molar-refractivity contribution is 6.00. The lowest BCUT2D eigenvalue weighted by molar-refractivity contribution is 0.202. The maximum atomic E-state index is 10.8. The zero-order valence-electron chi connectivity index (χ0n) is 53.4. The van der Waals surface area contributed by atoms with Gasteiger partial charge < -0.3 is 19.7 Å². The summed E-state index contributed by atoms with van der Waals surface area (Å²) in [5.41, 5.74) is 22.4. The molecule has 0 atom stereocenters. The Morgan fingerprint density at radius 1 is 0.206 bits per heavy atom. The number of benzene rings is 16. The van der Waals surface area contributed by atoms with E-state index in [4.69, 9.17) is 9.47 Å². The van der Waals surface area contributed by atoms with Crippen molar-refractivity contribution in [3.63, 3.8) is 0 Å². The molecular weight excluding hydrogens is 1180 g/mol. The van der Waals surface area contributed by atoms with Crippen LogP contribution in [0, 0.1) is 0 Å². The van der Waals surface area contributed by atoms with E-state index in [1.54, 1.807) is 0 Å². The summed E-state index contributed by atoms with van der Waals surface area (Å²) in [5.74, 6) is 1.36. The van der Waals surface area contributed by atoms with Gasteiger partial charge in [-0.25, -0.2) is 0 Å².